The van der Waals surface area contributed by atoms with Gasteiger partial charge in [0.15, 0.2) is 11.6 Å². The van der Waals surface area contributed by atoms with E-state index in [1.807, 2.05) is 0 Å². The lowest BCUT2D eigenvalue weighted by atomic mass is 10.2. The molecule has 1 rings (SSSR count). The first-order chi connectivity index (χ1) is 6.19. The third-order valence-corrected chi connectivity index (χ3v) is 1.81. The lowest BCUT2D eigenvalue weighted by molar-refractivity contribution is 0.279. The summed E-state index contributed by atoms with van der Waals surface area (Å²) in [6, 6.07) is 2.69. The van der Waals surface area contributed by atoms with Gasteiger partial charge in [0.25, 0.3) is 0 Å². The molecule has 0 fully saturated rings. The first kappa shape index (κ1) is 10.3. The van der Waals surface area contributed by atoms with E-state index in [9.17, 15) is 4.39 Å². The van der Waals surface area contributed by atoms with E-state index < -0.39 is 5.82 Å². The molecule has 0 heterocycles. The Bertz CT molecular complexity index is 279. The van der Waals surface area contributed by atoms with Gasteiger partial charge in [-0.3, -0.25) is 0 Å². The summed E-state index contributed by atoms with van der Waals surface area (Å²) in [5.41, 5.74) is 0.436. The Balaban J connectivity index is 3.07. The first-order valence-corrected chi connectivity index (χ1v) is 4.28. The van der Waals surface area contributed by atoms with Crippen molar-refractivity contribution in [2.75, 3.05) is 6.61 Å². The minimum Gasteiger partial charge on any atom is -0.489 e. The van der Waals surface area contributed by atoms with Crippen molar-refractivity contribution in [1.82, 2.24) is 0 Å². The highest BCUT2D eigenvalue weighted by molar-refractivity contribution is 6.32. The molecule has 0 saturated heterocycles. The van der Waals surface area contributed by atoms with Crippen LogP contribution in [0.15, 0.2) is 12.1 Å². The highest BCUT2D eigenvalue weighted by Crippen LogP contribution is 2.29. The second kappa shape index (κ2) is 4.44. The van der Waals surface area contributed by atoms with Crippen LogP contribution in [-0.2, 0) is 6.61 Å². The maximum absolute atomic E-state index is 13.2. The van der Waals surface area contributed by atoms with E-state index in [0.29, 0.717) is 12.2 Å². The van der Waals surface area contributed by atoms with Crippen LogP contribution in [0.4, 0.5) is 4.39 Å². The maximum atomic E-state index is 13.2. The average Bonchev–Trinajstić information content (AvgIpc) is 2.11. The van der Waals surface area contributed by atoms with Gasteiger partial charge in [0.2, 0.25) is 0 Å². The highest BCUT2D eigenvalue weighted by Gasteiger charge is 2.09. The quantitative estimate of drug-likeness (QED) is 0.819. The highest BCUT2D eigenvalue weighted by atomic mass is 35.5. The van der Waals surface area contributed by atoms with Crippen LogP contribution in [0.25, 0.3) is 0 Å². The Kier molecular flexibility index (Phi) is 3.51. The minimum absolute atomic E-state index is 0.0429. The number of hydrogen-bond acceptors (Lipinski definition) is 2. The number of aliphatic hydroxyl groups is 1. The molecule has 0 unspecified atom stereocenters. The molecular formula is C9H10ClFO2. The number of ether oxygens (including phenoxy) is 1. The number of hydrogen-bond donors (Lipinski definition) is 1. The summed E-state index contributed by atoms with van der Waals surface area (Å²) in [5.74, 6) is -0.500. The van der Waals surface area contributed by atoms with Crippen molar-refractivity contribution in [3.63, 3.8) is 0 Å². The molecule has 13 heavy (non-hydrogen) atoms. The zero-order valence-electron chi connectivity index (χ0n) is 7.18. The van der Waals surface area contributed by atoms with E-state index >= 15 is 0 Å². The van der Waals surface area contributed by atoms with Crippen molar-refractivity contribution in [2.24, 2.45) is 0 Å². The summed E-state index contributed by atoms with van der Waals surface area (Å²) in [5, 5.41) is 8.93. The van der Waals surface area contributed by atoms with Gasteiger partial charge in [-0.1, -0.05) is 11.6 Å². The topological polar surface area (TPSA) is 29.5 Å². The molecule has 0 saturated carbocycles. The molecule has 2 nitrogen and oxygen atoms in total. The van der Waals surface area contributed by atoms with E-state index in [1.165, 1.54) is 12.1 Å². The van der Waals surface area contributed by atoms with Crippen LogP contribution in [0.2, 0.25) is 5.02 Å². The van der Waals surface area contributed by atoms with Crippen molar-refractivity contribution in [3.05, 3.63) is 28.5 Å². The average molecular weight is 205 g/mol. The molecule has 1 N–H and O–H groups in total. The van der Waals surface area contributed by atoms with Gasteiger partial charge in [-0.05, 0) is 24.6 Å². The van der Waals surface area contributed by atoms with Crippen LogP contribution in [0, 0.1) is 5.82 Å². The fraction of sp³-hybridized carbons (Fsp3) is 0.333. The zero-order chi connectivity index (χ0) is 9.84. The minimum atomic E-state index is -0.543. The van der Waals surface area contributed by atoms with Gasteiger partial charge in [-0.25, -0.2) is 4.39 Å². The third-order valence-electron chi connectivity index (χ3n) is 1.53. The van der Waals surface area contributed by atoms with Crippen LogP contribution in [0.5, 0.6) is 5.75 Å². The Morgan fingerprint density at radius 1 is 1.54 bits per heavy atom. The predicted octanol–water partition coefficient (Wildman–Crippen LogP) is 2.37. The molecule has 0 radical (unpaired) electrons. The Labute approximate surface area is 80.9 Å². The van der Waals surface area contributed by atoms with Crippen molar-refractivity contribution in [2.45, 2.75) is 13.5 Å². The van der Waals surface area contributed by atoms with Crippen LogP contribution in [0.1, 0.15) is 12.5 Å². The molecule has 1 aromatic rings. The molecule has 72 valence electrons. The number of aliphatic hydroxyl groups excluding tert-OH is 1. The summed E-state index contributed by atoms with van der Waals surface area (Å²) in [7, 11) is 0. The molecule has 0 amide bonds. The van der Waals surface area contributed by atoms with Gasteiger partial charge >= 0.3 is 0 Å². The fourth-order valence-corrected chi connectivity index (χ4v) is 1.27. The predicted molar refractivity (Wildman–Crippen MR) is 48.5 cm³/mol. The molecule has 0 aromatic heterocycles. The standard InChI is InChI=1S/C9H10ClFO2/c1-2-13-9-7(10)3-6(5-12)4-8(9)11/h3-4,12H,2,5H2,1H3. The SMILES string of the molecule is CCOc1c(F)cc(CO)cc1Cl. The summed E-state index contributed by atoms with van der Waals surface area (Å²) < 4.78 is 18.1. The van der Waals surface area contributed by atoms with E-state index in [2.05, 4.69) is 0 Å². The molecule has 0 bridgehead atoms. The number of rotatable bonds is 3. The van der Waals surface area contributed by atoms with E-state index in [1.54, 1.807) is 6.92 Å². The monoisotopic (exact) mass is 204 g/mol. The normalized spacial score (nSPS) is 10.2. The Morgan fingerprint density at radius 2 is 2.23 bits per heavy atom. The summed E-state index contributed by atoms with van der Waals surface area (Å²) in [6.45, 7) is 1.87. The van der Waals surface area contributed by atoms with Gasteiger partial charge in [0.05, 0.1) is 18.2 Å². The van der Waals surface area contributed by atoms with Crippen molar-refractivity contribution < 1.29 is 14.2 Å². The summed E-state index contributed by atoms with van der Waals surface area (Å²) in [4.78, 5) is 0. The first-order valence-electron chi connectivity index (χ1n) is 3.90. The molecule has 0 aliphatic heterocycles. The molecule has 0 spiro atoms. The Morgan fingerprint density at radius 3 is 2.69 bits per heavy atom. The van der Waals surface area contributed by atoms with Gasteiger partial charge in [0, 0.05) is 0 Å². The molecule has 4 heteroatoms. The van der Waals surface area contributed by atoms with Crippen LogP contribution < -0.4 is 4.74 Å². The number of benzene rings is 1. The second-order valence-corrected chi connectivity index (χ2v) is 2.89. The van der Waals surface area contributed by atoms with Gasteiger partial charge in [0.1, 0.15) is 0 Å². The van der Waals surface area contributed by atoms with Crippen LogP contribution in [-0.4, -0.2) is 11.7 Å². The second-order valence-electron chi connectivity index (χ2n) is 2.48. The smallest absolute Gasteiger partial charge is 0.173 e. The largest absolute Gasteiger partial charge is 0.489 e. The molecule has 0 atom stereocenters. The van der Waals surface area contributed by atoms with E-state index in [0.717, 1.165) is 0 Å². The summed E-state index contributed by atoms with van der Waals surface area (Å²) >= 11 is 5.72. The molecule has 0 aliphatic rings. The molecular weight excluding hydrogens is 195 g/mol. The lowest BCUT2D eigenvalue weighted by Crippen LogP contribution is -1.97. The summed E-state index contributed by atoms with van der Waals surface area (Å²) in [6.07, 6.45) is 0. The van der Waals surface area contributed by atoms with Crippen molar-refractivity contribution in [1.29, 1.82) is 0 Å². The van der Waals surface area contributed by atoms with Crippen molar-refractivity contribution >= 4 is 11.6 Å². The zero-order valence-corrected chi connectivity index (χ0v) is 7.94. The Hall–Kier alpha value is -0.800. The van der Waals surface area contributed by atoms with Gasteiger partial charge in [-0.2, -0.15) is 0 Å². The molecule has 0 aliphatic carbocycles. The van der Waals surface area contributed by atoms with Gasteiger partial charge < -0.3 is 9.84 Å². The third kappa shape index (κ3) is 2.32. The molecule has 1 aromatic carbocycles. The number of halogens is 2. The van der Waals surface area contributed by atoms with Crippen LogP contribution >= 0.6 is 11.6 Å². The lowest BCUT2D eigenvalue weighted by Gasteiger charge is -2.07. The van der Waals surface area contributed by atoms with Gasteiger partial charge in [-0.15, -0.1) is 0 Å². The fourth-order valence-electron chi connectivity index (χ4n) is 0.986. The van der Waals surface area contributed by atoms with Crippen LogP contribution in [0.3, 0.4) is 0 Å². The maximum Gasteiger partial charge on any atom is 0.173 e. The van der Waals surface area contributed by atoms with E-state index in [-0.39, 0.29) is 17.4 Å². The van der Waals surface area contributed by atoms with Crippen molar-refractivity contribution in [3.8, 4) is 5.75 Å². The van der Waals surface area contributed by atoms with E-state index in [4.69, 9.17) is 21.4 Å².